The van der Waals surface area contributed by atoms with Crippen LogP contribution in [-0.4, -0.2) is 13.1 Å². The van der Waals surface area contributed by atoms with E-state index in [4.69, 9.17) is 0 Å². The van der Waals surface area contributed by atoms with Crippen molar-refractivity contribution >= 4 is 17.1 Å². The second kappa shape index (κ2) is 6.81. The molecular weight excluding hydrogens is 258 g/mol. The molecule has 2 aromatic rings. The number of rotatable bonds is 5. The zero-order valence-corrected chi connectivity index (χ0v) is 12.9. The Morgan fingerprint density at radius 1 is 1.05 bits per heavy atom. The number of para-hydroxylation sites is 1. The SMILES string of the molecule is CCN(CC)c1ccc(Nc2c(C)cccc2C#N)cc1. The predicted octanol–water partition coefficient (Wildman–Crippen LogP) is 4.46. The van der Waals surface area contributed by atoms with Gasteiger partial charge in [-0.05, 0) is 56.7 Å². The highest BCUT2D eigenvalue weighted by Crippen LogP contribution is 2.26. The number of benzene rings is 2. The first-order valence-corrected chi connectivity index (χ1v) is 7.31. The highest BCUT2D eigenvalue weighted by molar-refractivity contribution is 5.70. The standard InChI is InChI=1S/C18H21N3/c1-4-21(5-2)17-11-9-16(10-12-17)20-18-14(3)7-6-8-15(18)13-19/h6-12,20H,4-5H2,1-3H3. The molecule has 0 amide bonds. The van der Waals surface area contributed by atoms with Gasteiger partial charge in [-0.15, -0.1) is 0 Å². The molecule has 0 fully saturated rings. The molecule has 0 atom stereocenters. The molecular formula is C18H21N3. The van der Waals surface area contributed by atoms with Crippen molar-refractivity contribution in [3.05, 3.63) is 53.6 Å². The van der Waals surface area contributed by atoms with Crippen LogP contribution in [0.3, 0.4) is 0 Å². The number of nitrogens with one attached hydrogen (secondary N) is 1. The van der Waals surface area contributed by atoms with Crippen molar-refractivity contribution in [2.24, 2.45) is 0 Å². The van der Waals surface area contributed by atoms with Gasteiger partial charge in [0.25, 0.3) is 0 Å². The van der Waals surface area contributed by atoms with Crippen LogP contribution in [0.5, 0.6) is 0 Å². The number of nitrogens with zero attached hydrogens (tertiary/aromatic N) is 2. The summed E-state index contributed by atoms with van der Waals surface area (Å²) in [6, 6.07) is 16.3. The van der Waals surface area contributed by atoms with E-state index in [1.165, 1.54) is 5.69 Å². The largest absolute Gasteiger partial charge is 0.372 e. The average molecular weight is 279 g/mol. The van der Waals surface area contributed by atoms with Crippen LogP contribution in [0, 0.1) is 18.3 Å². The molecule has 0 aliphatic carbocycles. The Balaban J connectivity index is 2.24. The van der Waals surface area contributed by atoms with Crippen LogP contribution in [-0.2, 0) is 0 Å². The Kier molecular flexibility index (Phi) is 4.84. The molecule has 0 aliphatic heterocycles. The lowest BCUT2D eigenvalue weighted by Gasteiger charge is -2.21. The summed E-state index contributed by atoms with van der Waals surface area (Å²) in [6.45, 7) is 8.32. The molecule has 0 unspecified atom stereocenters. The van der Waals surface area contributed by atoms with E-state index in [1.807, 2.05) is 25.1 Å². The molecule has 21 heavy (non-hydrogen) atoms. The third-order valence-electron chi connectivity index (χ3n) is 3.66. The zero-order valence-electron chi connectivity index (χ0n) is 12.9. The number of hydrogen-bond acceptors (Lipinski definition) is 3. The van der Waals surface area contributed by atoms with Crippen LogP contribution in [0.2, 0.25) is 0 Å². The van der Waals surface area contributed by atoms with Crippen LogP contribution in [0.15, 0.2) is 42.5 Å². The van der Waals surface area contributed by atoms with Gasteiger partial charge in [-0.2, -0.15) is 5.26 Å². The van der Waals surface area contributed by atoms with E-state index in [9.17, 15) is 5.26 Å². The summed E-state index contributed by atoms with van der Waals surface area (Å²) in [5.41, 5.74) is 4.84. The van der Waals surface area contributed by atoms with Crippen molar-refractivity contribution in [1.82, 2.24) is 0 Å². The number of nitriles is 1. The molecule has 1 N–H and O–H groups in total. The van der Waals surface area contributed by atoms with E-state index >= 15 is 0 Å². The molecule has 0 spiro atoms. The summed E-state index contributed by atoms with van der Waals surface area (Å²) >= 11 is 0. The molecule has 3 heteroatoms. The van der Waals surface area contributed by atoms with Crippen LogP contribution in [0.1, 0.15) is 25.0 Å². The molecule has 0 radical (unpaired) electrons. The van der Waals surface area contributed by atoms with Gasteiger partial charge in [0.15, 0.2) is 0 Å². The third kappa shape index (κ3) is 3.35. The van der Waals surface area contributed by atoms with Crippen LogP contribution in [0.4, 0.5) is 17.1 Å². The number of hydrogen-bond donors (Lipinski definition) is 1. The summed E-state index contributed by atoms with van der Waals surface area (Å²) in [6.07, 6.45) is 0. The molecule has 0 saturated heterocycles. The van der Waals surface area contributed by atoms with Crippen LogP contribution < -0.4 is 10.2 Å². The van der Waals surface area contributed by atoms with E-state index in [2.05, 4.69) is 54.4 Å². The van der Waals surface area contributed by atoms with Gasteiger partial charge >= 0.3 is 0 Å². The lowest BCUT2D eigenvalue weighted by molar-refractivity contribution is 0.866. The fourth-order valence-corrected chi connectivity index (χ4v) is 2.42. The van der Waals surface area contributed by atoms with Crippen molar-refractivity contribution in [2.45, 2.75) is 20.8 Å². The Bertz CT molecular complexity index is 635. The molecule has 0 aromatic heterocycles. The lowest BCUT2D eigenvalue weighted by atomic mass is 10.1. The quantitative estimate of drug-likeness (QED) is 0.878. The van der Waals surface area contributed by atoms with Gasteiger partial charge < -0.3 is 10.2 Å². The molecule has 2 aromatic carbocycles. The van der Waals surface area contributed by atoms with Crippen molar-refractivity contribution in [1.29, 1.82) is 5.26 Å². The second-order valence-corrected chi connectivity index (χ2v) is 4.95. The van der Waals surface area contributed by atoms with E-state index in [0.717, 1.165) is 30.0 Å². The highest BCUT2D eigenvalue weighted by Gasteiger charge is 2.06. The summed E-state index contributed by atoms with van der Waals surface area (Å²) in [4.78, 5) is 2.30. The first kappa shape index (κ1) is 14.9. The molecule has 0 bridgehead atoms. The summed E-state index contributed by atoms with van der Waals surface area (Å²) < 4.78 is 0. The van der Waals surface area contributed by atoms with Gasteiger partial charge in [-0.25, -0.2) is 0 Å². The van der Waals surface area contributed by atoms with E-state index in [-0.39, 0.29) is 0 Å². The molecule has 2 rings (SSSR count). The van der Waals surface area contributed by atoms with Gasteiger partial charge in [0.2, 0.25) is 0 Å². The van der Waals surface area contributed by atoms with Crippen molar-refractivity contribution < 1.29 is 0 Å². The number of aryl methyl sites for hydroxylation is 1. The van der Waals surface area contributed by atoms with Crippen molar-refractivity contribution in [3.63, 3.8) is 0 Å². The van der Waals surface area contributed by atoms with Crippen LogP contribution in [0.25, 0.3) is 0 Å². The summed E-state index contributed by atoms with van der Waals surface area (Å²) in [5, 5.41) is 12.6. The lowest BCUT2D eigenvalue weighted by Crippen LogP contribution is -2.21. The molecule has 108 valence electrons. The maximum atomic E-state index is 9.20. The minimum Gasteiger partial charge on any atom is -0.372 e. The summed E-state index contributed by atoms with van der Waals surface area (Å²) in [7, 11) is 0. The van der Waals surface area contributed by atoms with Gasteiger partial charge in [-0.3, -0.25) is 0 Å². The minimum absolute atomic E-state index is 0.669. The van der Waals surface area contributed by atoms with Gasteiger partial charge in [0, 0.05) is 24.5 Å². The van der Waals surface area contributed by atoms with Crippen molar-refractivity contribution in [3.8, 4) is 6.07 Å². The maximum Gasteiger partial charge on any atom is 0.101 e. The van der Waals surface area contributed by atoms with Crippen molar-refractivity contribution in [2.75, 3.05) is 23.3 Å². The van der Waals surface area contributed by atoms with Gasteiger partial charge in [-0.1, -0.05) is 12.1 Å². The summed E-state index contributed by atoms with van der Waals surface area (Å²) in [5.74, 6) is 0. The molecule has 0 aliphatic rings. The molecule has 0 saturated carbocycles. The Morgan fingerprint density at radius 3 is 2.29 bits per heavy atom. The smallest absolute Gasteiger partial charge is 0.101 e. The Hall–Kier alpha value is -2.47. The molecule has 0 heterocycles. The average Bonchev–Trinajstić information content (AvgIpc) is 2.52. The maximum absolute atomic E-state index is 9.20. The monoisotopic (exact) mass is 279 g/mol. The topological polar surface area (TPSA) is 39.1 Å². The normalized spacial score (nSPS) is 10.0. The van der Waals surface area contributed by atoms with Gasteiger partial charge in [0.1, 0.15) is 6.07 Å². The number of anilines is 3. The van der Waals surface area contributed by atoms with E-state index in [1.54, 1.807) is 0 Å². The fourth-order valence-electron chi connectivity index (χ4n) is 2.42. The van der Waals surface area contributed by atoms with E-state index < -0.39 is 0 Å². The van der Waals surface area contributed by atoms with Crippen LogP contribution >= 0.6 is 0 Å². The van der Waals surface area contributed by atoms with Gasteiger partial charge in [0.05, 0.1) is 11.3 Å². The predicted molar refractivity (Wildman–Crippen MR) is 89.2 cm³/mol. The Morgan fingerprint density at radius 2 is 1.71 bits per heavy atom. The Labute approximate surface area is 126 Å². The fraction of sp³-hybridized carbons (Fsp3) is 0.278. The zero-order chi connectivity index (χ0) is 15.2. The first-order valence-electron chi connectivity index (χ1n) is 7.31. The third-order valence-corrected chi connectivity index (χ3v) is 3.66. The molecule has 3 nitrogen and oxygen atoms in total. The minimum atomic E-state index is 0.669. The second-order valence-electron chi connectivity index (χ2n) is 4.95. The highest BCUT2D eigenvalue weighted by atomic mass is 15.1. The first-order chi connectivity index (χ1) is 10.2. The van der Waals surface area contributed by atoms with E-state index in [0.29, 0.717) is 5.56 Å².